The number of rotatable bonds is 4. The van der Waals surface area contributed by atoms with Gasteiger partial charge in [0.05, 0.1) is 12.2 Å². The Labute approximate surface area is 124 Å². The molecule has 0 spiro atoms. The third-order valence-electron chi connectivity index (χ3n) is 4.23. The molecule has 1 N–H and O–H groups in total. The summed E-state index contributed by atoms with van der Waals surface area (Å²) >= 11 is 0. The largest absolute Gasteiger partial charge is 0.478 e. The molecule has 4 nitrogen and oxygen atoms in total. The maximum Gasteiger partial charge on any atom is 0.339 e. The van der Waals surface area contributed by atoms with Gasteiger partial charge in [0.2, 0.25) is 0 Å². The molecule has 21 heavy (non-hydrogen) atoms. The number of aromatic carboxylic acids is 1. The van der Waals surface area contributed by atoms with E-state index < -0.39 is 5.97 Å². The zero-order chi connectivity index (χ0) is 14.8. The van der Waals surface area contributed by atoms with Gasteiger partial charge in [-0.3, -0.25) is 4.68 Å². The van der Waals surface area contributed by atoms with E-state index in [-0.39, 0.29) is 0 Å². The Morgan fingerprint density at radius 2 is 1.95 bits per heavy atom. The average Bonchev–Trinajstić information content (AvgIpc) is 3.10. The quantitative estimate of drug-likeness (QED) is 0.933. The van der Waals surface area contributed by atoms with Crippen molar-refractivity contribution in [2.45, 2.75) is 45.1 Å². The van der Waals surface area contributed by atoms with Gasteiger partial charge in [-0.25, -0.2) is 4.79 Å². The van der Waals surface area contributed by atoms with Crippen molar-refractivity contribution in [1.29, 1.82) is 0 Å². The summed E-state index contributed by atoms with van der Waals surface area (Å²) in [5.41, 5.74) is 3.50. The molecule has 1 heterocycles. The molecule has 3 rings (SSSR count). The van der Waals surface area contributed by atoms with Crippen LogP contribution in [0, 0.1) is 6.92 Å². The first-order valence-electron chi connectivity index (χ1n) is 7.49. The number of carboxylic acids is 1. The van der Waals surface area contributed by atoms with Crippen molar-refractivity contribution in [3.05, 3.63) is 52.8 Å². The van der Waals surface area contributed by atoms with Crippen molar-refractivity contribution in [1.82, 2.24) is 9.78 Å². The predicted molar refractivity (Wildman–Crippen MR) is 80.7 cm³/mol. The molecule has 0 aliphatic heterocycles. The van der Waals surface area contributed by atoms with Crippen LogP contribution in [0.25, 0.3) is 0 Å². The summed E-state index contributed by atoms with van der Waals surface area (Å²) < 4.78 is 1.77. The molecule has 0 saturated heterocycles. The Hall–Kier alpha value is -2.10. The van der Waals surface area contributed by atoms with Crippen LogP contribution >= 0.6 is 0 Å². The van der Waals surface area contributed by atoms with Gasteiger partial charge in [0.1, 0.15) is 5.56 Å². The van der Waals surface area contributed by atoms with Crippen LogP contribution in [0.15, 0.2) is 30.5 Å². The van der Waals surface area contributed by atoms with Crippen molar-refractivity contribution in [3.63, 3.8) is 0 Å². The maximum atomic E-state index is 11.4. The van der Waals surface area contributed by atoms with Crippen molar-refractivity contribution in [3.8, 4) is 0 Å². The summed E-state index contributed by atoms with van der Waals surface area (Å²) in [5, 5.41) is 14.0. The SMILES string of the molecule is Cc1ccc(Cn2cc(C(=O)O)c(C3CCCC3)n2)cc1. The summed E-state index contributed by atoms with van der Waals surface area (Å²) in [5.74, 6) is -0.553. The molecule has 110 valence electrons. The lowest BCUT2D eigenvalue weighted by atomic mass is 10.0. The summed E-state index contributed by atoms with van der Waals surface area (Å²) in [6.07, 6.45) is 6.14. The normalized spacial score (nSPS) is 15.5. The number of aryl methyl sites for hydroxylation is 1. The molecule has 0 bridgehead atoms. The van der Waals surface area contributed by atoms with Crippen LogP contribution in [0.3, 0.4) is 0 Å². The van der Waals surface area contributed by atoms with E-state index in [9.17, 15) is 9.90 Å². The first-order valence-corrected chi connectivity index (χ1v) is 7.49. The summed E-state index contributed by atoms with van der Waals surface area (Å²) in [6, 6.07) is 8.25. The van der Waals surface area contributed by atoms with Gasteiger partial charge in [-0.1, -0.05) is 42.7 Å². The van der Waals surface area contributed by atoms with E-state index in [1.54, 1.807) is 10.9 Å². The van der Waals surface area contributed by atoms with Crippen molar-refractivity contribution < 1.29 is 9.90 Å². The minimum atomic E-state index is -0.868. The molecule has 1 aromatic carbocycles. The van der Waals surface area contributed by atoms with E-state index in [4.69, 9.17) is 0 Å². The Morgan fingerprint density at radius 3 is 2.57 bits per heavy atom. The van der Waals surface area contributed by atoms with Gasteiger partial charge in [-0.15, -0.1) is 0 Å². The molecule has 1 aliphatic rings. The number of carbonyl (C=O) groups is 1. The second kappa shape index (κ2) is 5.72. The van der Waals surface area contributed by atoms with E-state index in [1.807, 2.05) is 0 Å². The van der Waals surface area contributed by atoms with E-state index in [0.29, 0.717) is 18.0 Å². The fourth-order valence-electron chi connectivity index (χ4n) is 3.06. The standard InChI is InChI=1S/C17H20N2O2/c1-12-6-8-13(9-7-12)10-19-11-15(17(20)21)16(18-19)14-4-2-3-5-14/h6-9,11,14H,2-5,10H2,1H3,(H,20,21). The molecule has 4 heteroatoms. The fraction of sp³-hybridized carbons (Fsp3) is 0.412. The third kappa shape index (κ3) is 2.99. The molecule has 1 aliphatic carbocycles. The van der Waals surface area contributed by atoms with Crippen LogP contribution < -0.4 is 0 Å². The van der Waals surface area contributed by atoms with Crippen LogP contribution in [-0.2, 0) is 6.54 Å². The van der Waals surface area contributed by atoms with Crippen LogP contribution in [0.4, 0.5) is 0 Å². The number of aromatic nitrogens is 2. The predicted octanol–water partition coefficient (Wildman–Crippen LogP) is 3.60. The highest BCUT2D eigenvalue weighted by Gasteiger charge is 2.26. The molecular formula is C17H20N2O2. The average molecular weight is 284 g/mol. The van der Waals surface area contributed by atoms with E-state index in [0.717, 1.165) is 24.1 Å². The maximum absolute atomic E-state index is 11.4. The topological polar surface area (TPSA) is 55.1 Å². The number of benzene rings is 1. The highest BCUT2D eigenvalue weighted by Crippen LogP contribution is 2.35. The Kier molecular flexibility index (Phi) is 3.78. The molecule has 0 radical (unpaired) electrons. The zero-order valence-corrected chi connectivity index (χ0v) is 12.2. The van der Waals surface area contributed by atoms with Crippen molar-refractivity contribution in [2.24, 2.45) is 0 Å². The molecule has 1 fully saturated rings. The van der Waals surface area contributed by atoms with Gasteiger partial charge in [-0.05, 0) is 25.3 Å². The summed E-state index contributed by atoms with van der Waals surface area (Å²) in [6.45, 7) is 2.67. The minimum Gasteiger partial charge on any atom is -0.478 e. The number of hydrogen-bond acceptors (Lipinski definition) is 2. The van der Waals surface area contributed by atoms with Crippen LogP contribution in [-0.4, -0.2) is 20.9 Å². The summed E-state index contributed by atoms with van der Waals surface area (Å²) in [7, 11) is 0. The van der Waals surface area contributed by atoms with Gasteiger partial charge >= 0.3 is 5.97 Å². The first kappa shape index (κ1) is 13.9. The zero-order valence-electron chi connectivity index (χ0n) is 12.2. The van der Waals surface area contributed by atoms with Crippen LogP contribution in [0.2, 0.25) is 0 Å². The Morgan fingerprint density at radius 1 is 1.29 bits per heavy atom. The van der Waals surface area contributed by atoms with Crippen LogP contribution in [0.1, 0.15) is 58.8 Å². The highest BCUT2D eigenvalue weighted by atomic mass is 16.4. The highest BCUT2D eigenvalue weighted by molar-refractivity contribution is 5.88. The molecule has 1 saturated carbocycles. The molecule has 0 unspecified atom stereocenters. The number of nitrogens with zero attached hydrogens (tertiary/aromatic N) is 2. The monoisotopic (exact) mass is 284 g/mol. The van der Waals surface area contributed by atoms with Crippen molar-refractivity contribution >= 4 is 5.97 Å². The first-order chi connectivity index (χ1) is 10.1. The summed E-state index contributed by atoms with van der Waals surface area (Å²) in [4.78, 5) is 11.4. The van der Waals surface area contributed by atoms with Gasteiger partial charge < -0.3 is 5.11 Å². The van der Waals surface area contributed by atoms with Gasteiger partial charge in [0.25, 0.3) is 0 Å². The fourth-order valence-corrected chi connectivity index (χ4v) is 3.06. The van der Waals surface area contributed by atoms with Gasteiger partial charge in [0, 0.05) is 12.1 Å². The second-order valence-electron chi connectivity index (χ2n) is 5.90. The second-order valence-corrected chi connectivity index (χ2v) is 5.90. The van der Waals surface area contributed by atoms with Gasteiger partial charge in [0.15, 0.2) is 0 Å². The lowest BCUT2D eigenvalue weighted by Gasteiger charge is -2.06. The number of carboxylic acid groups (broad SMARTS) is 1. The molecule has 2 aromatic rings. The molecule has 0 atom stereocenters. The van der Waals surface area contributed by atoms with Crippen LogP contribution in [0.5, 0.6) is 0 Å². The molecular weight excluding hydrogens is 264 g/mol. The van der Waals surface area contributed by atoms with E-state index in [1.165, 1.54) is 18.4 Å². The molecule has 0 amide bonds. The lowest BCUT2D eigenvalue weighted by molar-refractivity contribution is 0.0695. The van der Waals surface area contributed by atoms with E-state index in [2.05, 4.69) is 36.3 Å². The molecule has 1 aromatic heterocycles. The Balaban J connectivity index is 1.87. The van der Waals surface area contributed by atoms with Crippen molar-refractivity contribution in [2.75, 3.05) is 0 Å². The van der Waals surface area contributed by atoms with E-state index >= 15 is 0 Å². The van der Waals surface area contributed by atoms with Gasteiger partial charge in [-0.2, -0.15) is 5.10 Å². The smallest absolute Gasteiger partial charge is 0.339 e. The Bertz CT molecular complexity index is 637. The third-order valence-corrected chi connectivity index (χ3v) is 4.23. The minimum absolute atomic E-state index is 0.315. The number of hydrogen-bond donors (Lipinski definition) is 1. The lowest BCUT2D eigenvalue weighted by Crippen LogP contribution is -2.04.